The number of anilines is 1. The molecule has 0 aromatic heterocycles. The van der Waals surface area contributed by atoms with Gasteiger partial charge in [0.25, 0.3) is 0 Å². The smallest absolute Gasteiger partial charge is 0.241 e. The largest absolute Gasteiger partial charge is 0.508 e. The summed E-state index contributed by atoms with van der Waals surface area (Å²) in [5.74, 6) is -4.92. The third-order valence-corrected chi connectivity index (χ3v) is 11.2. The standard InChI is InChI=1S/C34H34ClFN2O6/c1-34-24(31(41)38(33(34)43)18-8-12-26(36)25(35)14-18)16-22-20(29(34)23-15-19(44-2)9-13-27(23)39)10-11-21-28(22)32(42)37(30(21)40)17-6-4-3-5-7-17/h8-10,12-15,17,21-22,24,28-29,39H,3-7,11,16H2,1-2H3/t21-,22+,24-,28-,29+,34+/m0/s1. The third kappa shape index (κ3) is 4.00. The zero-order valence-corrected chi connectivity index (χ0v) is 25.4. The first-order valence-corrected chi connectivity index (χ1v) is 15.7. The maximum absolute atomic E-state index is 14.5. The van der Waals surface area contributed by atoms with Crippen molar-refractivity contribution in [1.82, 2.24) is 4.90 Å². The highest BCUT2D eigenvalue weighted by molar-refractivity contribution is 6.31. The van der Waals surface area contributed by atoms with Crippen LogP contribution in [0.2, 0.25) is 5.02 Å². The maximum Gasteiger partial charge on any atom is 0.241 e. The number of carbonyl (C=O) groups excluding carboxylic acids is 4. The molecule has 1 N–H and O–H groups in total. The first-order valence-electron chi connectivity index (χ1n) is 15.3. The van der Waals surface area contributed by atoms with Gasteiger partial charge in [-0.3, -0.25) is 24.1 Å². The Morgan fingerprint density at radius 3 is 2.43 bits per heavy atom. The highest BCUT2D eigenvalue weighted by Gasteiger charge is 2.68. The van der Waals surface area contributed by atoms with E-state index in [0.717, 1.165) is 48.6 Å². The molecule has 5 aliphatic rings. The SMILES string of the molecule is COc1ccc(O)c([C@H]2C3=CC[C@@H]4C(=O)N(C5CCCCC5)C(=O)[C@@H]4[C@@H]3C[C@H]3C(=O)N(c4ccc(F)c(Cl)c4)C(=O)[C@@]23C)c1. The van der Waals surface area contributed by atoms with Crippen molar-refractivity contribution in [2.45, 2.75) is 63.8 Å². The Kier molecular flexibility index (Phi) is 6.88. The molecule has 7 rings (SSSR count). The van der Waals surface area contributed by atoms with Crippen LogP contribution in [0.25, 0.3) is 0 Å². The van der Waals surface area contributed by atoms with Gasteiger partial charge in [-0.2, -0.15) is 0 Å². The topological polar surface area (TPSA) is 104 Å². The van der Waals surface area contributed by atoms with Crippen LogP contribution in [-0.2, 0) is 19.2 Å². The number of phenols is 1. The first kappa shape index (κ1) is 29.0. The number of rotatable bonds is 4. The fraction of sp³-hybridized carbons (Fsp3) is 0.471. The molecule has 4 amide bonds. The molecule has 0 bridgehead atoms. The van der Waals surface area contributed by atoms with Crippen LogP contribution in [0.3, 0.4) is 0 Å². The number of methoxy groups -OCH3 is 1. The molecule has 2 saturated heterocycles. The Bertz CT molecular complexity index is 1640. The number of benzene rings is 2. The number of allylic oxidation sites excluding steroid dienone is 2. The van der Waals surface area contributed by atoms with Gasteiger partial charge < -0.3 is 9.84 Å². The number of hydrogen-bond acceptors (Lipinski definition) is 6. The minimum absolute atomic E-state index is 0.0689. The van der Waals surface area contributed by atoms with E-state index in [1.807, 2.05) is 6.08 Å². The van der Waals surface area contributed by atoms with Crippen LogP contribution < -0.4 is 9.64 Å². The van der Waals surface area contributed by atoms with Crippen LogP contribution in [0.15, 0.2) is 48.0 Å². The Morgan fingerprint density at radius 1 is 0.977 bits per heavy atom. The van der Waals surface area contributed by atoms with Gasteiger partial charge in [0.15, 0.2) is 0 Å². The molecule has 0 spiro atoms. The normalized spacial score (nSPS) is 32.0. The molecule has 230 valence electrons. The van der Waals surface area contributed by atoms with Crippen molar-refractivity contribution < 1.29 is 33.4 Å². The molecule has 2 aliphatic heterocycles. The van der Waals surface area contributed by atoms with Crippen molar-refractivity contribution in [3.05, 3.63) is 64.5 Å². The van der Waals surface area contributed by atoms with Crippen molar-refractivity contribution in [3.8, 4) is 11.5 Å². The molecular formula is C34H34ClFN2O6. The van der Waals surface area contributed by atoms with Crippen LogP contribution in [0.5, 0.6) is 11.5 Å². The predicted octanol–water partition coefficient (Wildman–Crippen LogP) is 5.76. The van der Waals surface area contributed by atoms with E-state index in [2.05, 4.69) is 0 Å². The van der Waals surface area contributed by atoms with E-state index in [1.54, 1.807) is 19.1 Å². The quantitative estimate of drug-likeness (QED) is 0.345. The van der Waals surface area contributed by atoms with Gasteiger partial charge in [-0.15, -0.1) is 0 Å². The average molecular weight is 621 g/mol. The zero-order valence-electron chi connectivity index (χ0n) is 24.6. The summed E-state index contributed by atoms with van der Waals surface area (Å²) in [6.07, 6.45) is 7.12. The molecule has 6 atom stereocenters. The van der Waals surface area contributed by atoms with Crippen LogP contribution >= 0.6 is 11.6 Å². The lowest BCUT2D eigenvalue weighted by atomic mass is 9.51. The summed E-state index contributed by atoms with van der Waals surface area (Å²) in [6.45, 7) is 1.73. The zero-order chi connectivity index (χ0) is 31.1. The molecule has 2 saturated carbocycles. The van der Waals surface area contributed by atoms with E-state index < -0.39 is 52.6 Å². The number of fused-ring (bicyclic) bond motifs is 4. The molecule has 0 radical (unpaired) electrons. The van der Waals surface area contributed by atoms with E-state index in [1.165, 1.54) is 30.2 Å². The van der Waals surface area contributed by atoms with Gasteiger partial charge in [0.2, 0.25) is 23.6 Å². The molecule has 2 heterocycles. The average Bonchev–Trinajstić information content (AvgIpc) is 3.39. The number of ether oxygens (including phenoxy) is 1. The molecular weight excluding hydrogens is 587 g/mol. The summed E-state index contributed by atoms with van der Waals surface area (Å²) >= 11 is 6.07. The fourth-order valence-corrected chi connectivity index (χ4v) is 9.02. The Balaban J connectivity index is 1.37. The van der Waals surface area contributed by atoms with Gasteiger partial charge in [0.1, 0.15) is 17.3 Å². The molecule has 44 heavy (non-hydrogen) atoms. The van der Waals surface area contributed by atoms with Crippen molar-refractivity contribution in [2.75, 3.05) is 12.0 Å². The fourth-order valence-electron chi connectivity index (χ4n) is 8.84. The van der Waals surface area contributed by atoms with E-state index in [9.17, 15) is 28.7 Å². The van der Waals surface area contributed by atoms with Gasteiger partial charge in [-0.05, 0) is 74.9 Å². The summed E-state index contributed by atoms with van der Waals surface area (Å²) in [5, 5.41) is 11.0. The number of hydrogen-bond donors (Lipinski definition) is 1. The summed E-state index contributed by atoms with van der Waals surface area (Å²) < 4.78 is 19.6. The first-order chi connectivity index (χ1) is 21.1. The Hall–Kier alpha value is -3.72. The highest BCUT2D eigenvalue weighted by Crippen LogP contribution is 2.64. The Labute approximate surface area is 259 Å². The number of imide groups is 2. The van der Waals surface area contributed by atoms with E-state index in [-0.39, 0.29) is 40.7 Å². The molecule has 2 aromatic carbocycles. The predicted molar refractivity (Wildman–Crippen MR) is 159 cm³/mol. The van der Waals surface area contributed by atoms with Gasteiger partial charge in [0.05, 0.1) is 41.0 Å². The minimum Gasteiger partial charge on any atom is -0.508 e. The summed E-state index contributed by atoms with van der Waals surface area (Å²) in [5.41, 5.74) is -0.0141. The number of amides is 4. The number of aromatic hydroxyl groups is 1. The molecule has 4 fully saturated rings. The lowest BCUT2D eigenvalue weighted by molar-refractivity contribution is -0.144. The van der Waals surface area contributed by atoms with Gasteiger partial charge in [0, 0.05) is 17.5 Å². The minimum atomic E-state index is -1.36. The number of likely N-dealkylation sites (tertiary alicyclic amines) is 1. The molecule has 8 nitrogen and oxygen atoms in total. The molecule has 0 unspecified atom stereocenters. The molecule has 2 aromatic rings. The monoisotopic (exact) mass is 620 g/mol. The van der Waals surface area contributed by atoms with Gasteiger partial charge in [-0.25, -0.2) is 9.29 Å². The second kappa shape index (κ2) is 10.4. The van der Waals surface area contributed by atoms with Crippen molar-refractivity contribution >= 4 is 40.9 Å². The number of nitrogens with zero attached hydrogens (tertiary/aromatic N) is 2. The maximum atomic E-state index is 14.5. The summed E-state index contributed by atoms with van der Waals surface area (Å²) in [7, 11) is 1.50. The third-order valence-electron chi connectivity index (χ3n) is 11.0. The lowest BCUT2D eigenvalue weighted by Crippen LogP contribution is -2.49. The second-order valence-corrected chi connectivity index (χ2v) is 13.4. The number of carbonyl (C=O) groups is 4. The second-order valence-electron chi connectivity index (χ2n) is 13.0. The molecule has 10 heteroatoms. The Morgan fingerprint density at radius 2 is 1.73 bits per heavy atom. The van der Waals surface area contributed by atoms with Crippen LogP contribution in [0.1, 0.15) is 63.4 Å². The van der Waals surface area contributed by atoms with E-state index in [0.29, 0.717) is 17.7 Å². The van der Waals surface area contributed by atoms with E-state index >= 15 is 0 Å². The molecule has 3 aliphatic carbocycles. The van der Waals surface area contributed by atoms with Crippen molar-refractivity contribution in [1.29, 1.82) is 0 Å². The van der Waals surface area contributed by atoms with Crippen LogP contribution in [0, 0.1) is 34.9 Å². The van der Waals surface area contributed by atoms with Crippen LogP contribution in [0.4, 0.5) is 10.1 Å². The van der Waals surface area contributed by atoms with Gasteiger partial charge in [-0.1, -0.05) is 42.5 Å². The highest BCUT2D eigenvalue weighted by atomic mass is 35.5. The number of phenolic OH excluding ortho intramolecular Hbond substituents is 1. The van der Waals surface area contributed by atoms with Crippen molar-refractivity contribution in [3.63, 3.8) is 0 Å². The number of halogens is 2. The lowest BCUT2D eigenvalue weighted by Gasteiger charge is -2.49. The summed E-state index contributed by atoms with van der Waals surface area (Å²) in [6, 6.07) is 8.38. The van der Waals surface area contributed by atoms with E-state index in [4.69, 9.17) is 16.3 Å². The summed E-state index contributed by atoms with van der Waals surface area (Å²) in [4.78, 5) is 59.3. The van der Waals surface area contributed by atoms with Crippen molar-refractivity contribution in [2.24, 2.45) is 29.1 Å². The van der Waals surface area contributed by atoms with Crippen LogP contribution in [-0.4, -0.2) is 46.8 Å². The van der Waals surface area contributed by atoms with Gasteiger partial charge >= 0.3 is 0 Å².